The van der Waals surface area contributed by atoms with Crippen molar-refractivity contribution in [2.24, 2.45) is 0 Å². The maximum atomic E-state index is 10.8. The average Bonchev–Trinajstić information content (AvgIpc) is 1.94. The molecule has 0 aliphatic heterocycles. The number of aromatic nitrogens is 3. The minimum absolute atomic E-state index is 0.0986. The Kier molecular flexibility index (Phi) is 2.11. The average molecular weight is 141 g/mol. The molecule has 0 atom stereocenters. The summed E-state index contributed by atoms with van der Waals surface area (Å²) in [4.78, 5) is 10.8. The zero-order chi connectivity index (χ0) is 7.40. The fourth-order valence-corrected chi connectivity index (χ4v) is 0.569. The van der Waals surface area contributed by atoms with Gasteiger partial charge in [0.2, 0.25) is 0 Å². The highest BCUT2D eigenvalue weighted by atomic mass is 16.3. The molecule has 0 radical (unpaired) electrons. The van der Waals surface area contributed by atoms with Gasteiger partial charge in [-0.1, -0.05) is 5.21 Å². The molecular formula is C5H7N3O2. The standard InChI is InChI=1S/C5H7N3O2/c9-4-3-8-5(10)1-2-6-7-8/h1-2,9H,3-4H2. The van der Waals surface area contributed by atoms with Crippen LogP contribution in [0.3, 0.4) is 0 Å². The molecule has 1 aromatic rings. The van der Waals surface area contributed by atoms with Crippen LogP contribution in [0.5, 0.6) is 0 Å². The molecule has 1 N–H and O–H groups in total. The van der Waals surface area contributed by atoms with E-state index in [2.05, 4.69) is 10.3 Å². The zero-order valence-electron chi connectivity index (χ0n) is 5.27. The van der Waals surface area contributed by atoms with Gasteiger partial charge in [-0.15, -0.1) is 5.10 Å². The van der Waals surface area contributed by atoms with Crippen molar-refractivity contribution in [1.29, 1.82) is 0 Å². The summed E-state index contributed by atoms with van der Waals surface area (Å²) in [5.41, 5.74) is -0.246. The first-order valence-electron chi connectivity index (χ1n) is 2.84. The van der Waals surface area contributed by atoms with Gasteiger partial charge < -0.3 is 5.11 Å². The second kappa shape index (κ2) is 3.07. The van der Waals surface area contributed by atoms with Crippen LogP contribution < -0.4 is 5.56 Å². The zero-order valence-corrected chi connectivity index (χ0v) is 5.27. The highest BCUT2D eigenvalue weighted by Crippen LogP contribution is 1.69. The third-order valence-corrected chi connectivity index (χ3v) is 1.01. The monoisotopic (exact) mass is 141 g/mol. The summed E-state index contributed by atoms with van der Waals surface area (Å²) < 4.78 is 1.10. The molecule has 0 spiro atoms. The number of aliphatic hydroxyl groups is 1. The van der Waals surface area contributed by atoms with E-state index in [1.54, 1.807) is 0 Å². The molecule has 5 nitrogen and oxygen atoms in total. The molecule has 0 aliphatic rings. The lowest BCUT2D eigenvalue weighted by molar-refractivity contribution is 0.263. The molecule has 0 saturated heterocycles. The fourth-order valence-electron chi connectivity index (χ4n) is 0.569. The van der Waals surface area contributed by atoms with Crippen LogP contribution in [0.2, 0.25) is 0 Å². The van der Waals surface area contributed by atoms with Crippen molar-refractivity contribution < 1.29 is 5.11 Å². The topological polar surface area (TPSA) is 68.0 Å². The van der Waals surface area contributed by atoms with Gasteiger partial charge in [-0.3, -0.25) is 4.79 Å². The largest absolute Gasteiger partial charge is 0.394 e. The first kappa shape index (κ1) is 6.88. The van der Waals surface area contributed by atoms with E-state index in [9.17, 15) is 4.79 Å². The van der Waals surface area contributed by atoms with Crippen molar-refractivity contribution in [2.75, 3.05) is 6.61 Å². The Morgan fingerprint density at radius 2 is 2.50 bits per heavy atom. The molecule has 5 heteroatoms. The molecule has 0 bridgehead atoms. The predicted octanol–water partition coefficient (Wildman–Crippen LogP) is -1.37. The first-order valence-corrected chi connectivity index (χ1v) is 2.84. The second-order valence-corrected chi connectivity index (χ2v) is 1.71. The summed E-state index contributed by atoms with van der Waals surface area (Å²) in [6.45, 7) is 0.102. The van der Waals surface area contributed by atoms with Gasteiger partial charge in [0.15, 0.2) is 0 Å². The van der Waals surface area contributed by atoms with Crippen molar-refractivity contribution in [1.82, 2.24) is 15.0 Å². The Balaban J connectivity index is 2.92. The number of hydrogen-bond donors (Lipinski definition) is 1. The summed E-state index contributed by atoms with van der Waals surface area (Å²) in [7, 11) is 0. The minimum Gasteiger partial charge on any atom is -0.394 e. The summed E-state index contributed by atoms with van der Waals surface area (Å²) in [5, 5.41) is 15.3. The SMILES string of the molecule is O=c1ccnnn1CCO. The second-order valence-electron chi connectivity index (χ2n) is 1.71. The van der Waals surface area contributed by atoms with Crippen LogP contribution in [0.4, 0.5) is 0 Å². The van der Waals surface area contributed by atoms with E-state index in [-0.39, 0.29) is 18.7 Å². The van der Waals surface area contributed by atoms with Gasteiger partial charge in [-0.25, -0.2) is 4.68 Å². The molecule has 1 rings (SSSR count). The lowest BCUT2D eigenvalue weighted by atomic mass is 10.6. The van der Waals surface area contributed by atoms with Crippen LogP contribution in [0, 0.1) is 0 Å². The third-order valence-electron chi connectivity index (χ3n) is 1.01. The molecule has 0 amide bonds. The first-order chi connectivity index (χ1) is 4.84. The minimum atomic E-state index is -0.246. The summed E-state index contributed by atoms with van der Waals surface area (Å²) in [6.07, 6.45) is 1.32. The third kappa shape index (κ3) is 1.38. The van der Waals surface area contributed by atoms with E-state index in [1.165, 1.54) is 12.3 Å². The van der Waals surface area contributed by atoms with Crippen molar-refractivity contribution in [2.45, 2.75) is 6.54 Å². The van der Waals surface area contributed by atoms with E-state index in [0.717, 1.165) is 4.68 Å². The van der Waals surface area contributed by atoms with Crippen molar-refractivity contribution >= 4 is 0 Å². The van der Waals surface area contributed by atoms with Gasteiger partial charge in [0.1, 0.15) is 0 Å². The van der Waals surface area contributed by atoms with Crippen molar-refractivity contribution in [3.8, 4) is 0 Å². The quantitative estimate of drug-likeness (QED) is 0.551. The fraction of sp³-hybridized carbons (Fsp3) is 0.400. The van der Waals surface area contributed by atoms with Gasteiger partial charge in [0.25, 0.3) is 5.56 Å². The normalized spacial score (nSPS) is 9.70. The van der Waals surface area contributed by atoms with Crippen LogP contribution in [0.1, 0.15) is 0 Å². The smallest absolute Gasteiger partial charge is 0.269 e. The summed E-state index contributed by atoms with van der Waals surface area (Å²) in [5.74, 6) is 0. The Hall–Kier alpha value is -1.23. The predicted molar refractivity (Wildman–Crippen MR) is 33.4 cm³/mol. The molecule has 1 aromatic heterocycles. The van der Waals surface area contributed by atoms with Crippen LogP contribution in [0.15, 0.2) is 17.1 Å². The molecule has 10 heavy (non-hydrogen) atoms. The summed E-state index contributed by atoms with van der Waals surface area (Å²) in [6, 6.07) is 1.29. The van der Waals surface area contributed by atoms with E-state index < -0.39 is 0 Å². The van der Waals surface area contributed by atoms with Gasteiger partial charge in [-0.2, -0.15) is 0 Å². The Bertz CT molecular complexity index is 257. The number of rotatable bonds is 2. The molecule has 0 aromatic carbocycles. The molecule has 0 unspecified atom stereocenters. The van der Waals surface area contributed by atoms with Crippen LogP contribution in [0.25, 0.3) is 0 Å². The number of aliphatic hydroxyl groups excluding tert-OH is 1. The Morgan fingerprint density at radius 3 is 3.10 bits per heavy atom. The van der Waals surface area contributed by atoms with E-state index >= 15 is 0 Å². The number of nitrogens with zero attached hydrogens (tertiary/aromatic N) is 3. The van der Waals surface area contributed by atoms with Gasteiger partial charge in [0.05, 0.1) is 19.3 Å². The van der Waals surface area contributed by atoms with Crippen LogP contribution >= 0.6 is 0 Å². The van der Waals surface area contributed by atoms with Gasteiger partial charge in [-0.05, 0) is 0 Å². The highest BCUT2D eigenvalue weighted by molar-refractivity contribution is 4.76. The molecule has 0 saturated carbocycles. The summed E-state index contributed by atoms with van der Waals surface area (Å²) >= 11 is 0. The van der Waals surface area contributed by atoms with E-state index in [4.69, 9.17) is 5.11 Å². The van der Waals surface area contributed by atoms with Gasteiger partial charge in [0, 0.05) is 6.07 Å². The van der Waals surface area contributed by atoms with E-state index in [0.29, 0.717) is 0 Å². The van der Waals surface area contributed by atoms with Crippen LogP contribution in [-0.4, -0.2) is 26.7 Å². The maximum Gasteiger partial charge on any atom is 0.269 e. The highest BCUT2D eigenvalue weighted by Gasteiger charge is 1.91. The molecule has 0 aliphatic carbocycles. The Morgan fingerprint density at radius 1 is 1.70 bits per heavy atom. The maximum absolute atomic E-state index is 10.8. The molecular weight excluding hydrogens is 134 g/mol. The van der Waals surface area contributed by atoms with Crippen molar-refractivity contribution in [3.63, 3.8) is 0 Å². The molecule has 1 heterocycles. The van der Waals surface area contributed by atoms with Crippen molar-refractivity contribution in [3.05, 3.63) is 22.6 Å². The molecule has 0 fully saturated rings. The van der Waals surface area contributed by atoms with Gasteiger partial charge >= 0.3 is 0 Å². The van der Waals surface area contributed by atoms with E-state index in [1.807, 2.05) is 0 Å². The molecule has 54 valence electrons. The van der Waals surface area contributed by atoms with Crippen LogP contribution in [-0.2, 0) is 6.54 Å². The number of hydrogen-bond acceptors (Lipinski definition) is 4. The Labute approximate surface area is 56.9 Å². The lowest BCUT2D eigenvalue weighted by Crippen LogP contribution is -2.23. The lowest BCUT2D eigenvalue weighted by Gasteiger charge is -1.95.